The van der Waals surface area contributed by atoms with Gasteiger partial charge in [0.15, 0.2) is 0 Å². The van der Waals surface area contributed by atoms with Gasteiger partial charge in [-0.1, -0.05) is 42.5 Å². The van der Waals surface area contributed by atoms with Gasteiger partial charge in [-0.2, -0.15) is 0 Å². The van der Waals surface area contributed by atoms with Gasteiger partial charge in [0, 0.05) is 7.05 Å². The molecule has 0 saturated carbocycles. The molecule has 1 fully saturated rings. The van der Waals surface area contributed by atoms with Gasteiger partial charge in [-0.25, -0.2) is 4.79 Å². The smallest absolute Gasteiger partial charge is 0.273 e. The molecule has 0 bridgehead atoms. The maximum absolute atomic E-state index is 11.7. The van der Waals surface area contributed by atoms with Crippen LogP contribution in [-0.2, 0) is 9.59 Å². The van der Waals surface area contributed by atoms with Crippen LogP contribution in [0.3, 0.4) is 0 Å². The minimum atomic E-state index is -0.709. The van der Waals surface area contributed by atoms with Gasteiger partial charge in [0.1, 0.15) is 5.57 Å². The van der Waals surface area contributed by atoms with E-state index < -0.39 is 17.8 Å². The second-order valence-electron chi connectivity index (χ2n) is 3.97. The minimum Gasteiger partial charge on any atom is -0.273 e. The lowest BCUT2D eigenvalue weighted by Gasteiger charge is -2.21. The number of carbonyl (C=O) groups is 3. The molecule has 1 heterocycles. The van der Waals surface area contributed by atoms with Crippen LogP contribution in [0.4, 0.5) is 4.79 Å². The van der Waals surface area contributed by atoms with Crippen molar-refractivity contribution in [3.8, 4) is 0 Å². The topological polar surface area (TPSA) is 66.5 Å². The van der Waals surface area contributed by atoms with Crippen molar-refractivity contribution >= 4 is 23.9 Å². The standard InChI is InChI=1S/C14H12N2O3/c1-16-13(18)11(12(17)15-14(16)19)9-5-8-10-6-3-2-4-7-10/h2-9H,1H3,(H,15,17,19)/b8-5+,11-9+. The lowest BCUT2D eigenvalue weighted by atomic mass is 10.1. The zero-order valence-electron chi connectivity index (χ0n) is 10.3. The Labute approximate surface area is 110 Å². The van der Waals surface area contributed by atoms with Crippen LogP contribution >= 0.6 is 0 Å². The van der Waals surface area contributed by atoms with Crippen LogP contribution < -0.4 is 5.32 Å². The van der Waals surface area contributed by atoms with Gasteiger partial charge in [-0.15, -0.1) is 0 Å². The summed E-state index contributed by atoms with van der Waals surface area (Å²) in [5.41, 5.74) is 0.890. The molecule has 2 rings (SSSR count). The molecule has 4 amide bonds. The number of carbonyl (C=O) groups excluding carboxylic acids is 3. The number of barbiturate groups is 1. The number of likely N-dealkylation sites (N-methyl/N-ethyl adjacent to an activating group) is 1. The molecular formula is C14H12N2O3. The molecule has 0 aromatic heterocycles. The Bertz CT molecular complexity index is 588. The predicted octanol–water partition coefficient (Wildman–Crippen LogP) is 1.33. The summed E-state index contributed by atoms with van der Waals surface area (Å²) in [6, 6.07) is 8.75. The van der Waals surface area contributed by atoms with E-state index in [0.29, 0.717) is 0 Å². The number of amides is 4. The molecule has 0 atom stereocenters. The van der Waals surface area contributed by atoms with Crippen molar-refractivity contribution in [2.45, 2.75) is 0 Å². The van der Waals surface area contributed by atoms with E-state index in [4.69, 9.17) is 0 Å². The molecule has 1 aliphatic rings. The van der Waals surface area contributed by atoms with E-state index in [9.17, 15) is 14.4 Å². The molecule has 5 heteroatoms. The molecule has 96 valence electrons. The molecule has 5 nitrogen and oxygen atoms in total. The van der Waals surface area contributed by atoms with Gasteiger partial charge < -0.3 is 0 Å². The normalized spacial score (nSPS) is 18.3. The summed E-state index contributed by atoms with van der Waals surface area (Å²) in [4.78, 5) is 35.3. The largest absolute Gasteiger partial charge is 0.331 e. The molecule has 1 aromatic carbocycles. The van der Waals surface area contributed by atoms with Crippen LogP contribution in [0.1, 0.15) is 5.56 Å². The Kier molecular flexibility index (Phi) is 3.56. The lowest BCUT2D eigenvalue weighted by molar-refractivity contribution is -0.129. The van der Waals surface area contributed by atoms with Crippen molar-refractivity contribution in [3.05, 3.63) is 53.6 Å². The highest BCUT2D eigenvalue weighted by Gasteiger charge is 2.32. The van der Waals surface area contributed by atoms with Gasteiger partial charge >= 0.3 is 6.03 Å². The fraction of sp³-hybridized carbons (Fsp3) is 0.0714. The van der Waals surface area contributed by atoms with E-state index in [1.165, 1.54) is 13.1 Å². The average Bonchev–Trinajstić information content (AvgIpc) is 2.41. The second-order valence-corrected chi connectivity index (χ2v) is 3.97. The summed E-state index contributed by atoms with van der Waals surface area (Å²) in [5, 5.41) is 2.08. The van der Waals surface area contributed by atoms with Gasteiger partial charge in [-0.05, 0) is 11.6 Å². The minimum absolute atomic E-state index is 0.0609. The van der Waals surface area contributed by atoms with E-state index in [-0.39, 0.29) is 5.57 Å². The Morgan fingerprint density at radius 2 is 1.79 bits per heavy atom. The first-order valence-electron chi connectivity index (χ1n) is 5.66. The molecule has 0 radical (unpaired) electrons. The molecule has 0 aliphatic carbocycles. The lowest BCUT2D eigenvalue weighted by Crippen LogP contribution is -2.52. The van der Waals surface area contributed by atoms with Crippen LogP contribution in [0.5, 0.6) is 0 Å². The first kappa shape index (κ1) is 12.8. The number of urea groups is 1. The SMILES string of the molecule is CN1C(=O)NC(=O)/C(=C\C=C\c2ccccc2)C1=O. The van der Waals surface area contributed by atoms with Gasteiger partial charge in [-0.3, -0.25) is 19.8 Å². The third-order valence-corrected chi connectivity index (χ3v) is 2.66. The summed E-state index contributed by atoms with van der Waals surface area (Å²) in [6.07, 6.45) is 4.77. The Hall–Kier alpha value is -2.69. The van der Waals surface area contributed by atoms with Gasteiger partial charge in [0.25, 0.3) is 11.8 Å². The molecule has 0 spiro atoms. The van der Waals surface area contributed by atoms with E-state index in [0.717, 1.165) is 10.5 Å². The molecule has 1 saturated heterocycles. The molecular weight excluding hydrogens is 244 g/mol. The molecule has 1 N–H and O–H groups in total. The van der Waals surface area contributed by atoms with E-state index in [1.807, 2.05) is 30.3 Å². The van der Waals surface area contributed by atoms with E-state index >= 15 is 0 Å². The summed E-state index contributed by atoms with van der Waals surface area (Å²) in [5.74, 6) is -1.28. The number of allylic oxidation sites excluding steroid dienone is 2. The number of rotatable bonds is 2. The number of imide groups is 2. The number of benzene rings is 1. The van der Waals surface area contributed by atoms with Crippen molar-refractivity contribution in [1.82, 2.24) is 10.2 Å². The first-order chi connectivity index (χ1) is 9.09. The average molecular weight is 256 g/mol. The van der Waals surface area contributed by atoms with Gasteiger partial charge in [0.2, 0.25) is 0 Å². The van der Waals surface area contributed by atoms with Crippen LogP contribution in [0.2, 0.25) is 0 Å². The third-order valence-electron chi connectivity index (χ3n) is 2.66. The van der Waals surface area contributed by atoms with Crippen LogP contribution in [-0.4, -0.2) is 29.8 Å². The number of hydrogen-bond acceptors (Lipinski definition) is 3. The predicted molar refractivity (Wildman–Crippen MR) is 69.9 cm³/mol. The maximum Gasteiger partial charge on any atom is 0.331 e. The highest BCUT2D eigenvalue weighted by molar-refractivity contribution is 6.28. The van der Waals surface area contributed by atoms with Crippen LogP contribution in [0, 0.1) is 0 Å². The zero-order chi connectivity index (χ0) is 13.8. The zero-order valence-corrected chi connectivity index (χ0v) is 10.3. The Morgan fingerprint density at radius 1 is 1.11 bits per heavy atom. The highest BCUT2D eigenvalue weighted by atomic mass is 16.2. The maximum atomic E-state index is 11.7. The Balaban J connectivity index is 2.19. The summed E-state index contributed by atoms with van der Waals surface area (Å²) in [6.45, 7) is 0. The summed E-state index contributed by atoms with van der Waals surface area (Å²) < 4.78 is 0. The van der Waals surface area contributed by atoms with E-state index in [1.54, 1.807) is 12.2 Å². The summed E-state index contributed by atoms with van der Waals surface area (Å²) >= 11 is 0. The van der Waals surface area contributed by atoms with Crippen molar-refractivity contribution in [1.29, 1.82) is 0 Å². The molecule has 1 aliphatic heterocycles. The quantitative estimate of drug-likeness (QED) is 0.641. The van der Waals surface area contributed by atoms with Crippen molar-refractivity contribution < 1.29 is 14.4 Å². The van der Waals surface area contributed by atoms with Crippen molar-refractivity contribution in [2.75, 3.05) is 7.05 Å². The number of nitrogens with one attached hydrogen (secondary N) is 1. The van der Waals surface area contributed by atoms with Gasteiger partial charge in [0.05, 0.1) is 0 Å². The fourth-order valence-corrected chi connectivity index (χ4v) is 1.58. The summed E-state index contributed by atoms with van der Waals surface area (Å²) in [7, 11) is 1.32. The number of nitrogens with zero attached hydrogens (tertiary/aromatic N) is 1. The first-order valence-corrected chi connectivity index (χ1v) is 5.66. The number of hydrogen-bond donors (Lipinski definition) is 1. The van der Waals surface area contributed by atoms with Crippen molar-refractivity contribution in [2.24, 2.45) is 0 Å². The van der Waals surface area contributed by atoms with Crippen molar-refractivity contribution in [3.63, 3.8) is 0 Å². The van der Waals surface area contributed by atoms with E-state index in [2.05, 4.69) is 5.32 Å². The fourth-order valence-electron chi connectivity index (χ4n) is 1.58. The molecule has 0 unspecified atom stereocenters. The molecule has 19 heavy (non-hydrogen) atoms. The molecule has 1 aromatic rings. The Morgan fingerprint density at radius 3 is 2.47 bits per heavy atom. The highest BCUT2D eigenvalue weighted by Crippen LogP contribution is 2.09. The monoisotopic (exact) mass is 256 g/mol. The third kappa shape index (κ3) is 2.77. The van der Waals surface area contributed by atoms with Crippen LogP contribution in [0.25, 0.3) is 6.08 Å². The van der Waals surface area contributed by atoms with Crippen LogP contribution in [0.15, 0.2) is 48.1 Å². The second kappa shape index (κ2) is 5.30.